The molecule has 0 aliphatic carbocycles. The first-order valence-corrected chi connectivity index (χ1v) is 3.67. The highest BCUT2D eigenvalue weighted by Crippen LogP contribution is 2.44. The number of fused-ring (bicyclic) bond motifs is 5. The second-order valence-electron chi connectivity index (χ2n) is 3.23. The summed E-state index contributed by atoms with van der Waals surface area (Å²) in [6, 6.07) is 0. The zero-order valence-electron chi connectivity index (χ0n) is 5.45. The first-order valence-electron chi connectivity index (χ1n) is 3.67. The van der Waals surface area contributed by atoms with Crippen molar-refractivity contribution in [3.05, 3.63) is 0 Å². The van der Waals surface area contributed by atoms with Crippen molar-refractivity contribution in [3.63, 3.8) is 0 Å². The number of rotatable bonds is 0. The molecule has 3 aliphatic heterocycles. The van der Waals surface area contributed by atoms with Gasteiger partial charge >= 0.3 is 0 Å². The Labute approximate surface area is 58.3 Å². The zero-order valence-corrected chi connectivity index (χ0v) is 5.45. The van der Waals surface area contributed by atoms with Crippen molar-refractivity contribution in [3.8, 4) is 0 Å². The van der Waals surface area contributed by atoms with E-state index >= 15 is 0 Å². The fraction of sp³-hybridized carbons (Fsp3) is 0.857. The van der Waals surface area contributed by atoms with Crippen molar-refractivity contribution in [1.29, 1.82) is 0 Å². The molecule has 3 aliphatic rings. The zero-order chi connectivity index (χ0) is 6.72. The van der Waals surface area contributed by atoms with Gasteiger partial charge in [-0.25, -0.2) is 0 Å². The van der Waals surface area contributed by atoms with Gasteiger partial charge < -0.3 is 9.47 Å². The monoisotopic (exact) mass is 140 g/mol. The summed E-state index contributed by atoms with van der Waals surface area (Å²) in [6.45, 7) is 0. The summed E-state index contributed by atoms with van der Waals surface area (Å²) >= 11 is 0. The molecule has 54 valence electrons. The molecule has 0 saturated carbocycles. The van der Waals surface area contributed by atoms with Gasteiger partial charge in [-0.3, -0.25) is 4.79 Å². The molecule has 10 heavy (non-hydrogen) atoms. The molecule has 3 heterocycles. The highest BCUT2D eigenvalue weighted by molar-refractivity contribution is 5.81. The van der Waals surface area contributed by atoms with Crippen molar-refractivity contribution < 1.29 is 14.3 Å². The average molecular weight is 140 g/mol. The molecule has 0 aromatic heterocycles. The lowest BCUT2D eigenvalue weighted by molar-refractivity contribution is -0.136. The van der Waals surface area contributed by atoms with E-state index < -0.39 is 0 Å². The molecule has 0 unspecified atom stereocenters. The molecular formula is C7H8O3. The third-order valence-corrected chi connectivity index (χ3v) is 2.50. The number of ether oxygens (including phenoxy) is 2. The van der Waals surface area contributed by atoms with Crippen LogP contribution in [0.2, 0.25) is 0 Å². The van der Waals surface area contributed by atoms with Crippen LogP contribution in [0, 0.1) is 0 Å². The topological polar surface area (TPSA) is 38.8 Å². The molecule has 0 aromatic rings. The summed E-state index contributed by atoms with van der Waals surface area (Å²) in [4.78, 5) is 11.0. The molecule has 3 rings (SSSR count). The van der Waals surface area contributed by atoms with Gasteiger partial charge in [-0.05, 0) is 0 Å². The minimum Gasteiger partial charge on any atom is -0.368 e. The number of Topliss-reactive ketones (excluding diaryl/α,β-unsaturated/α-hetero) is 1. The Kier molecular flexibility index (Phi) is 0.754. The number of ketones is 1. The second kappa shape index (κ2) is 1.43. The van der Waals surface area contributed by atoms with Crippen molar-refractivity contribution in [2.75, 3.05) is 0 Å². The van der Waals surface area contributed by atoms with E-state index in [9.17, 15) is 4.79 Å². The predicted octanol–water partition coefficient (Wildman–Crippen LogP) is -0.116. The molecule has 4 atom stereocenters. The lowest BCUT2D eigenvalue weighted by Crippen LogP contribution is -2.30. The maximum atomic E-state index is 11.0. The Morgan fingerprint density at radius 3 is 2.30 bits per heavy atom. The predicted molar refractivity (Wildman–Crippen MR) is 31.6 cm³/mol. The van der Waals surface area contributed by atoms with Crippen LogP contribution < -0.4 is 0 Å². The van der Waals surface area contributed by atoms with E-state index in [0.717, 1.165) is 0 Å². The molecular weight excluding hydrogens is 132 g/mol. The molecule has 3 nitrogen and oxygen atoms in total. The van der Waals surface area contributed by atoms with E-state index in [1.807, 2.05) is 0 Å². The summed E-state index contributed by atoms with van der Waals surface area (Å²) in [6.07, 6.45) is 1.93. The molecule has 0 N–H and O–H groups in total. The van der Waals surface area contributed by atoms with Crippen LogP contribution in [0.25, 0.3) is 0 Å². The Hall–Kier alpha value is -0.410. The Morgan fingerprint density at radius 2 is 1.70 bits per heavy atom. The van der Waals surface area contributed by atoms with Gasteiger partial charge in [-0.1, -0.05) is 0 Å². The Morgan fingerprint density at radius 1 is 1.10 bits per heavy atom. The van der Waals surface area contributed by atoms with Crippen LogP contribution in [-0.4, -0.2) is 30.2 Å². The number of carbonyl (C=O) groups is 1. The van der Waals surface area contributed by atoms with Crippen molar-refractivity contribution in [2.45, 2.75) is 37.3 Å². The van der Waals surface area contributed by atoms with Gasteiger partial charge in [0.2, 0.25) is 0 Å². The summed E-state index contributed by atoms with van der Waals surface area (Å²) in [5.74, 6) is 0.344. The first kappa shape index (κ1) is 5.27. The maximum Gasteiger partial charge on any atom is 0.138 e. The van der Waals surface area contributed by atoms with E-state index in [1.165, 1.54) is 0 Å². The molecule has 0 spiro atoms. The second-order valence-corrected chi connectivity index (χ2v) is 3.23. The van der Waals surface area contributed by atoms with E-state index in [4.69, 9.17) is 9.47 Å². The van der Waals surface area contributed by atoms with Gasteiger partial charge in [-0.2, -0.15) is 0 Å². The van der Waals surface area contributed by atoms with Crippen molar-refractivity contribution in [1.82, 2.24) is 0 Å². The minimum absolute atomic E-state index is 0.108. The summed E-state index contributed by atoms with van der Waals surface area (Å²) in [5, 5.41) is 0. The highest BCUT2D eigenvalue weighted by Gasteiger charge is 2.60. The largest absolute Gasteiger partial charge is 0.368 e. The van der Waals surface area contributed by atoms with Gasteiger partial charge in [0.1, 0.15) is 18.0 Å². The lowest BCUT2D eigenvalue weighted by Gasteiger charge is -2.21. The van der Waals surface area contributed by atoms with Gasteiger partial charge in [0.25, 0.3) is 0 Å². The smallest absolute Gasteiger partial charge is 0.138 e. The van der Waals surface area contributed by atoms with Crippen LogP contribution in [0.5, 0.6) is 0 Å². The van der Waals surface area contributed by atoms with Crippen LogP contribution in [0.4, 0.5) is 0 Å². The SMILES string of the molecule is O=C1C[C@@H]2O[C@H](C1)[C@H]1O[C@H]12. The maximum absolute atomic E-state index is 11.0. The van der Waals surface area contributed by atoms with E-state index in [2.05, 4.69) is 0 Å². The van der Waals surface area contributed by atoms with E-state index in [1.54, 1.807) is 0 Å². The molecule has 3 saturated heterocycles. The quantitative estimate of drug-likeness (QED) is 0.440. The summed E-state index contributed by atoms with van der Waals surface area (Å²) < 4.78 is 10.8. The van der Waals surface area contributed by atoms with Gasteiger partial charge in [0.15, 0.2) is 0 Å². The van der Waals surface area contributed by atoms with Crippen LogP contribution in [0.15, 0.2) is 0 Å². The number of carbonyl (C=O) groups excluding carboxylic acids is 1. The van der Waals surface area contributed by atoms with Crippen molar-refractivity contribution in [2.24, 2.45) is 0 Å². The van der Waals surface area contributed by atoms with Gasteiger partial charge in [-0.15, -0.1) is 0 Å². The fourth-order valence-electron chi connectivity index (χ4n) is 1.97. The van der Waals surface area contributed by atoms with E-state index in [-0.39, 0.29) is 24.4 Å². The third-order valence-electron chi connectivity index (χ3n) is 2.50. The number of hydrogen-bond donors (Lipinski definition) is 0. The van der Waals surface area contributed by atoms with Crippen LogP contribution in [0.3, 0.4) is 0 Å². The summed E-state index contributed by atoms with van der Waals surface area (Å²) in [7, 11) is 0. The molecule has 0 aromatic carbocycles. The summed E-state index contributed by atoms with van der Waals surface area (Å²) in [5.41, 5.74) is 0. The molecule has 2 bridgehead atoms. The lowest BCUT2D eigenvalue weighted by atomic mass is 10.1. The molecule has 0 radical (unpaired) electrons. The molecule has 3 fully saturated rings. The standard InChI is InChI=1S/C7H8O3/c8-3-1-4-6-7(10-6)5(2-3)9-4/h4-7H,1-2H2/t4-,5+,6-,7+. The Balaban J connectivity index is 1.93. The highest BCUT2D eigenvalue weighted by atomic mass is 16.7. The van der Waals surface area contributed by atoms with Crippen LogP contribution >= 0.6 is 0 Å². The molecule has 0 amide bonds. The average Bonchev–Trinajstić information content (AvgIpc) is 2.59. The third kappa shape index (κ3) is 0.503. The fourth-order valence-corrected chi connectivity index (χ4v) is 1.97. The first-order chi connectivity index (χ1) is 4.84. The van der Waals surface area contributed by atoms with Gasteiger partial charge in [0.05, 0.1) is 12.2 Å². The van der Waals surface area contributed by atoms with Gasteiger partial charge in [0, 0.05) is 12.8 Å². The van der Waals surface area contributed by atoms with Crippen molar-refractivity contribution >= 4 is 5.78 Å². The number of epoxide rings is 1. The minimum atomic E-state index is 0.108. The Bertz CT molecular complexity index is 183. The van der Waals surface area contributed by atoms with Crippen LogP contribution in [0.1, 0.15) is 12.8 Å². The van der Waals surface area contributed by atoms with Crippen LogP contribution in [-0.2, 0) is 14.3 Å². The normalized spacial score (nSPS) is 56.6. The molecule has 3 heteroatoms. The van der Waals surface area contributed by atoms with E-state index in [0.29, 0.717) is 18.6 Å². The number of hydrogen-bond acceptors (Lipinski definition) is 3.